The Morgan fingerprint density at radius 3 is 2.71 bits per heavy atom. The van der Waals surface area contributed by atoms with Crippen LogP contribution in [0, 0.1) is 0 Å². The van der Waals surface area contributed by atoms with Gasteiger partial charge >= 0.3 is 0 Å². The molecule has 5 nitrogen and oxygen atoms in total. The summed E-state index contributed by atoms with van der Waals surface area (Å²) in [6, 6.07) is 7.59. The van der Waals surface area contributed by atoms with Crippen molar-refractivity contribution < 1.29 is 13.2 Å². The molecule has 1 aromatic rings. The van der Waals surface area contributed by atoms with E-state index in [1.54, 1.807) is 6.08 Å². The van der Waals surface area contributed by atoms with E-state index in [4.69, 9.17) is 0 Å². The SMILES string of the molecule is O=C(NC1CC1)[C@@H]1CCCN1S(=O)(=O)C1=Cc2ccccc2CC1. The molecule has 0 unspecified atom stereocenters. The van der Waals surface area contributed by atoms with Crippen molar-refractivity contribution in [2.24, 2.45) is 0 Å². The molecule has 24 heavy (non-hydrogen) atoms. The molecule has 1 aliphatic heterocycles. The van der Waals surface area contributed by atoms with Crippen LogP contribution in [0.25, 0.3) is 6.08 Å². The Kier molecular flexibility index (Phi) is 3.96. The van der Waals surface area contributed by atoms with Crippen molar-refractivity contribution in [2.75, 3.05) is 6.54 Å². The number of sulfonamides is 1. The van der Waals surface area contributed by atoms with Gasteiger partial charge in [0.2, 0.25) is 15.9 Å². The van der Waals surface area contributed by atoms with Gasteiger partial charge in [0.15, 0.2) is 0 Å². The van der Waals surface area contributed by atoms with E-state index < -0.39 is 16.1 Å². The first kappa shape index (κ1) is 15.8. The molecular weight excluding hydrogens is 324 g/mol. The fourth-order valence-electron chi connectivity index (χ4n) is 3.58. The lowest BCUT2D eigenvalue weighted by Crippen LogP contribution is -2.46. The van der Waals surface area contributed by atoms with Crippen LogP contribution in [0.4, 0.5) is 0 Å². The van der Waals surface area contributed by atoms with Crippen LogP contribution in [0.15, 0.2) is 29.2 Å². The van der Waals surface area contributed by atoms with Crippen LogP contribution >= 0.6 is 0 Å². The highest BCUT2D eigenvalue weighted by Crippen LogP contribution is 2.33. The molecule has 1 amide bonds. The second kappa shape index (κ2) is 6.01. The van der Waals surface area contributed by atoms with Crippen molar-refractivity contribution in [3.63, 3.8) is 0 Å². The quantitative estimate of drug-likeness (QED) is 0.907. The first-order chi connectivity index (χ1) is 11.6. The summed E-state index contributed by atoms with van der Waals surface area (Å²) in [6.45, 7) is 0.435. The lowest BCUT2D eigenvalue weighted by Gasteiger charge is -2.26. The van der Waals surface area contributed by atoms with Crippen LogP contribution in [-0.4, -0.2) is 37.3 Å². The van der Waals surface area contributed by atoms with Crippen molar-refractivity contribution in [3.05, 3.63) is 40.3 Å². The summed E-state index contributed by atoms with van der Waals surface area (Å²) in [5, 5.41) is 2.95. The molecule has 4 rings (SSSR count). The average Bonchev–Trinajstić information content (AvgIpc) is 3.25. The summed E-state index contributed by atoms with van der Waals surface area (Å²) >= 11 is 0. The van der Waals surface area contributed by atoms with E-state index in [9.17, 15) is 13.2 Å². The second-order valence-corrected chi connectivity index (χ2v) is 8.81. The molecule has 0 aromatic heterocycles. The molecule has 3 aliphatic rings. The lowest BCUT2D eigenvalue weighted by molar-refractivity contribution is -0.124. The third-order valence-corrected chi connectivity index (χ3v) is 7.12. The Hall–Kier alpha value is -1.66. The lowest BCUT2D eigenvalue weighted by atomic mass is 9.98. The van der Waals surface area contributed by atoms with Crippen molar-refractivity contribution in [2.45, 2.75) is 50.6 Å². The van der Waals surface area contributed by atoms with E-state index in [-0.39, 0.29) is 11.9 Å². The zero-order valence-electron chi connectivity index (χ0n) is 13.6. The van der Waals surface area contributed by atoms with E-state index in [1.165, 1.54) is 9.87 Å². The number of allylic oxidation sites excluding steroid dienone is 1. The third-order valence-electron chi connectivity index (χ3n) is 5.08. The standard InChI is InChI=1S/C18H22N2O3S/c21-18(19-15-8-9-15)17-6-3-11-20(17)24(22,23)16-10-7-13-4-1-2-5-14(13)12-16/h1-2,4-5,12,15,17H,3,6-11H2,(H,19,21)/t17-/m0/s1. The smallest absolute Gasteiger partial charge is 0.239 e. The average molecular weight is 346 g/mol. The molecule has 1 saturated heterocycles. The number of benzene rings is 1. The van der Waals surface area contributed by atoms with Gasteiger partial charge in [0, 0.05) is 12.6 Å². The van der Waals surface area contributed by atoms with Gasteiger partial charge in [-0.05, 0) is 55.7 Å². The first-order valence-corrected chi connectivity index (χ1v) is 10.1. The summed E-state index contributed by atoms with van der Waals surface area (Å²) in [5.74, 6) is -0.129. The number of amides is 1. The van der Waals surface area contributed by atoms with Gasteiger partial charge in [0.05, 0.1) is 4.91 Å². The fraction of sp³-hybridized carbons (Fsp3) is 0.500. The molecule has 6 heteroatoms. The molecule has 1 aromatic carbocycles. The van der Waals surface area contributed by atoms with Crippen LogP contribution < -0.4 is 5.32 Å². The number of nitrogens with zero attached hydrogens (tertiary/aromatic N) is 1. The van der Waals surface area contributed by atoms with Gasteiger partial charge in [0.1, 0.15) is 6.04 Å². The predicted octanol–water partition coefficient (Wildman–Crippen LogP) is 2.05. The maximum absolute atomic E-state index is 13.1. The second-order valence-electron chi connectivity index (χ2n) is 6.87. The van der Waals surface area contributed by atoms with E-state index in [2.05, 4.69) is 5.32 Å². The first-order valence-electron chi connectivity index (χ1n) is 8.66. The normalized spacial score (nSPS) is 24.3. The zero-order chi connectivity index (χ0) is 16.7. The number of carbonyl (C=O) groups is 1. The summed E-state index contributed by atoms with van der Waals surface area (Å²) < 4.78 is 27.6. The highest BCUT2D eigenvalue weighted by Gasteiger charge is 2.41. The van der Waals surface area contributed by atoms with Crippen LogP contribution in [-0.2, 0) is 21.2 Å². The third kappa shape index (κ3) is 2.89. The van der Waals surface area contributed by atoms with Gasteiger partial charge in [-0.25, -0.2) is 8.42 Å². The molecular formula is C18H22N2O3S. The number of aryl methyl sites for hydroxylation is 1. The van der Waals surface area contributed by atoms with Crippen LogP contribution in [0.1, 0.15) is 43.2 Å². The van der Waals surface area contributed by atoms with Crippen molar-refractivity contribution >= 4 is 22.0 Å². The van der Waals surface area contributed by atoms with Crippen LogP contribution in [0.5, 0.6) is 0 Å². The number of fused-ring (bicyclic) bond motifs is 1. The van der Waals surface area contributed by atoms with E-state index in [1.807, 2.05) is 24.3 Å². The molecule has 0 spiro atoms. The molecule has 1 heterocycles. The maximum Gasteiger partial charge on any atom is 0.239 e. The van der Waals surface area contributed by atoms with Gasteiger partial charge in [-0.15, -0.1) is 0 Å². The van der Waals surface area contributed by atoms with E-state index >= 15 is 0 Å². The number of nitrogens with one attached hydrogen (secondary N) is 1. The Balaban J connectivity index is 1.60. The summed E-state index contributed by atoms with van der Waals surface area (Å²) in [6.07, 6.45) is 6.39. The largest absolute Gasteiger partial charge is 0.352 e. The number of carbonyl (C=O) groups excluding carboxylic acids is 1. The minimum atomic E-state index is -3.58. The molecule has 2 aliphatic carbocycles. The molecule has 1 N–H and O–H groups in total. The number of rotatable bonds is 4. The monoisotopic (exact) mass is 346 g/mol. The molecule has 128 valence electrons. The molecule has 1 saturated carbocycles. The van der Waals surface area contributed by atoms with Gasteiger partial charge < -0.3 is 5.32 Å². The van der Waals surface area contributed by atoms with E-state index in [0.29, 0.717) is 24.3 Å². The molecule has 0 radical (unpaired) electrons. The Labute approximate surface area is 142 Å². The van der Waals surface area contributed by atoms with Gasteiger partial charge in [-0.2, -0.15) is 4.31 Å². The van der Waals surface area contributed by atoms with Crippen LogP contribution in [0.3, 0.4) is 0 Å². The highest BCUT2D eigenvalue weighted by atomic mass is 32.2. The minimum absolute atomic E-state index is 0.129. The summed E-state index contributed by atoms with van der Waals surface area (Å²) in [5.41, 5.74) is 2.15. The summed E-state index contributed by atoms with van der Waals surface area (Å²) in [4.78, 5) is 12.8. The predicted molar refractivity (Wildman–Crippen MR) is 92.6 cm³/mol. The minimum Gasteiger partial charge on any atom is -0.352 e. The van der Waals surface area contributed by atoms with Gasteiger partial charge in [0.25, 0.3) is 0 Å². The zero-order valence-corrected chi connectivity index (χ0v) is 14.4. The van der Waals surface area contributed by atoms with Crippen molar-refractivity contribution in [1.82, 2.24) is 9.62 Å². The van der Waals surface area contributed by atoms with Gasteiger partial charge in [-0.1, -0.05) is 24.3 Å². The molecule has 0 bridgehead atoms. The summed E-state index contributed by atoms with van der Waals surface area (Å²) in [7, 11) is -3.58. The fourth-order valence-corrected chi connectivity index (χ4v) is 5.42. The maximum atomic E-state index is 13.1. The molecule has 2 fully saturated rings. The van der Waals surface area contributed by atoms with E-state index in [0.717, 1.165) is 31.2 Å². The topological polar surface area (TPSA) is 66.5 Å². The number of hydrogen-bond donors (Lipinski definition) is 1. The number of hydrogen-bond acceptors (Lipinski definition) is 3. The Morgan fingerprint density at radius 2 is 1.92 bits per heavy atom. The van der Waals surface area contributed by atoms with Crippen molar-refractivity contribution in [1.29, 1.82) is 0 Å². The van der Waals surface area contributed by atoms with Gasteiger partial charge in [-0.3, -0.25) is 4.79 Å². The molecule has 1 atom stereocenters. The Bertz CT molecular complexity index is 796. The van der Waals surface area contributed by atoms with Crippen LogP contribution in [0.2, 0.25) is 0 Å². The Morgan fingerprint density at radius 1 is 1.12 bits per heavy atom. The highest BCUT2D eigenvalue weighted by molar-refractivity contribution is 7.93. The van der Waals surface area contributed by atoms with Crippen molar-refractivity contribution in [3.8, 4) is 0 Å².